The molecule has 0 heterocycles. The van der Waals surface area contributed by atoms with Crippen LogP contribution in [0.3, 0.4) is 0 Å². The molecule has 1 unspecified atom stereocenters. The molecule has 0 bridgehead atoms. The van der Waals surface area contributed by atoms with Gasteiger partial charge in [0.05, 0.1) is 0 Å². The first-order valence-electron chi connectivity index (χ1n) is 5.54. The first-order valence-corrected chi connectivity index (χ1v) is 5.54. The zero-order valence-corrected chi connectivity index (χ0v) is 9.74. The molecule has 0 saturated heterocycles. The van der Waals surface area contributed by atoms with Gasteiger partial charge >= 0.3 is 0 Å². The van der Waals surface area contributed by atoms with Gasteiger partial charge in [-0.3, -0.25) is 0 Å². The predicted octanol–water partition coefficient (Wildman–Crippen LogP) is 4.59. The molecular formula is C15H20. The summed E-state index contributed by atoms with van der Waals surface area (Å²) in [6.45, 7) is 8.31. The van der Waals surface area contributed by atoms with Gasteiger partial charge in [-0.2, -0.15) is 0 Å². The first-order chi connectivity index (χ1) is 7.24. The van der Waals surface area contributed by atoms with Gasteiger partial charge in [-0.25, -0.2) is 0 Å². The van der Waals surface area contributed by atoms with Crippen LogP contribution in [0.4, 0.5) is 0 Å². The highest BCUT2D eigenvalue weighted by Crippen LogP contribution is 2.24. The molecule has 0 saturated carbocycles. The highest BCUT2D eigenvalue weighted by atomic mass is 14.1. The minimum Gasteiger partial charge on any atom is -0.0989 e. The molecule has 1 aliphatic rings. The third kappa shape index (κ3) is 4.16. The predicted molar refractivity (Wildman–Crippen MR) is 68.7 cm³/mol. The van der Waals surface area contributed by atoms with Crippen LogP contribution in [0.15, 0.2) is 60.3 Å². The van der Waals surface area contributed by atoms with Crippen LogP contribution < -0.4 is 0 Å². The molecule has 1 rings (SSSR count). The Hall–Kier alpha value is -1.30. The average molecular weight is 200 g/mol. The summed E-state index contributed by atoms with van der Waals surface area (Å²) in [5.74, 6) is 0.531. The Bertz CT molecular complexity index is 324. The van der Waals surface area contributed by atoms with E-state index in [4.69, 9.17) is 0 Å². The lowest BCUT2D eigenvalue weighted by molar-refractivity contribution is 0.745. The van der Waals surface area contributed by atoms with Crippen molar-refractivity contribution in [1.29, 1.82) is 0 Å². The molecule has 0 heteroatoms. The van der Waals surface area contributed by atoms with Gasteiger partial charge in [-0.1, -0.05) is 60.3 Å². The van der Waals surface area contributed by atoms with Crippen molar-refractivity contribution in [3.63, 3.8) is 0 Å². The third-order valence-corrected chi connectivity index (χ3v) is 2.63. The van der Waals surface area contributed by atoms with Gasteiger partial charge in [0.2, 0.25) is 0 Å². The summed E-state index contributed by atoms with van der Waals surface area (Å²) in [6.07, 6.45) is 17.2. The van der Waals surface area contributed by atoms with Gasteiger partial charge in [0, 0.05) is 5.92 Å². The maximum absolute atomic E-state index is 4.15. The summed E-state index contributed by atoms with van der Waals surface area (Å²) in [5.41, 5.74) is 2.67. The Balaban J connectivity index is 2.39. The molecule has 0 amide bonds. The van der Waals surface area contributed by atoms with E-state index in [-0.39, 0.29) is 0 Å². The molecule has 0 nitrogen and oxygen atoms in total. The zero-order chi connectivity index (χ0) is 11.1. The molecule has 0 aromatic rings. The Kier molecular flexibility index (Phi) is 4.89. The second-order valence-corrected chi connectivity index (χ2v) is 3.97. The second-order valence-electron chi connectivity index (χ2n) is 3.97. The van der Waals surface area contributed by atoms with Gasteiger partial charge in [-0.15, -0.1) is 0 Å². The maximum Gasteiger partial charge on any atom is 0.00151 e. The minimum absolute atomic E-state index is 0.531. The van der Waals surface area contributed by atoms with Crippen LogP contribution in [-0.2, 0) is 0 Å². The van der Waals surface area contributed by atoms with E-state index in [1.807, 2.05) is 19.1 Å². The van der Waals surface area contributed by atoms with Gasteiger partial charge in [-0.05, 0) is 26.7 Å². The van der Waals surface area contributed by atoms with E-state index >= 15 is 0 Å². The van der Waals surface area contributed by atoms with Gasteiger partial charge in [0.15, 0.2) is 0 Å². The van der Waals surface area contributed by atoms with Crippen LogP contribution >= 0.6 is 0 Å². The smallest absolute Gasteiger partial charge is 0.00151 e. The molecule has 80 valence electrons. The van der Waals surface area contributed by atoms with Crippen LogP contribution in [0.5, 0.6) is 0 Å². The topological polar surface area (TPSA) is 0 Å². The van der Waals surface area contributed by atoms with E-state index in [9.17, 15) is 0 Å². The number of rotatable bonds is 4. The monoisotopic (exact) mass is 200 g/mol. The summed E-state index contributed by atoms with van der Waals surface area (Å²) >= 11 is 0. The molecular weight excluding hydrogens is 180 g/mol. The quantitative estimate of drug-likeness (QED) is 0.460. The fourth-order valence-electron chi connectivity index (χ4n) is 1.59. The largest absolute Gasteiger partial charge is 0.0989 e. The molecule has 0 fully saturated rings. The lowest BCUT2D eigenvalue weighted by atomic mass is 9.89. The number of hydrogen-bond acceptors (Lipinski definition) is 0. The SMILES string of the molecule is C=C(CC=CC=CC)C1C=CC(C)=CC1. The van der Waals surface area contributed by atoms with Crippen LogP contribution in [0, 0.1) is 5.92 Å². The van der Waals surface area contributed by atoms with Gasteiger partial charge in [0.1, 0.15) is 0 Å². The van der Waals surface area contributed by atoms with E-state index in [1.54, 1.807) is 0 Å². The lowest BCUT2D eigenvalue weighted by Gasteiger charge is -2.16. The van der Waals surface area contributed by atoms with Gasteiger partial charge < -0.3 is 0 Å². The summed E-state index contributed by atoms with van der Waals surface area (Å²) in [4.78, 5) is 0. The summed E-state index contributed by atoms with van der Waals surface area (Å²) in [7, 11) is 0. The zero-order valence-electron chi connectivity index (χ0n) is 9.74. The van der Waals surface area contributed by atoms with Gasteiger partial charge in [0.25, 0.3) is 0 Å². The van der Waals surface area contributed by atoms with Crippen molar-refractivity contribution in [2.75, 3.05) is 0 Å². The van der Waals surface area contributed by atoms with E-state index in [0.717, 1.165) is 12.8 Å². The molecule has 15 heavy (non-hydrogen) atoms. The third-order valence-electron chi connectivity index (χ3n) is 2.63. The Labute approximate surface area is 93.4 Å². The maximum atomic E-state index is 4.15. The Morgan fingerprint density at radius 1 is 1.53 bits per heavy atom. The van der Waals surface area contributed by atoms with E-state index < -0.39 is 0 Å². The minimum atomic E-state index is 0.531. The fraction of sp³-hybridized carbons (Fsp3) is 0.333. The van der Waals surface area contributed by atoms with Crippen molar-refractivity contribution in [1.82, 2.24) is 0 Å². The standard InChI is InChI=1S/C15H20/c1-4-5-6-7-8-14(3)15-11-9-13(2)10-12-15/h4-7,9-11,15H,3,8,12H2,1-2H3. The Morgan fingerprint density at radius 2 is 2.33 bits per heavy atom. The molecule has 0 radical (unpaired) electrons. The Morgan fingerprint density at radius 3 is 2.93 bits per heavy atom. The van der Waals surface area contributed by atoms with Crippen LogP contribution in [0.2, 0.25) is 0 Å². The van der Waals surface area contributed by atoms with Crippen molar-refractivity contribution in [2.24, 2.45) is 5.92 Å². The van der Waals surface area contributed by atoms with Crippen molar-refractivity contribution in [2.45, 2.75) is 26.7 Å². The summed E-state index contributed by atoms with van der Waals surface area (Å²) < 4.78 is 0. The fourth-order valence-corrected chi connectivity index (χ4v) is 1.59. The highest BCUT2D eigenvalue weighted by Gasteiger charge is 2.09. The second kappa shape index (κ2) is 6.23. The van der Waals surface area contributed by atoms with E-state index in [1.165, 1.54) is 11.1 Å². The average Bonchev–Trinajstić information content (AvgIpc) is 2.25. The molecule has 0 aliphatic heterocycles. The molecule has 1 aliphatic carbocycles. The van der Waals surface area contributed by atoms with Crippen molar-refractivity contribution >= 4 is 0 Å². The van der Waals surface area contributed by atoms with Crippen LogP contribution in [0.25, 0.3) is 0 Å². The van der Waals surface area contributed by atoms with Crippen LogP contribution in [0.1, 0.15) is 26.7 Å². The van der Waals surface area contributed by atoms with Crippen LogP contribution in [-0.4, -0.2) is 0 Å². The molecule has 0 aromatic carbocycles. The lowest BCUT2D eigenvalue weighted by Crippen LogP contribution is -2.01. The summed E-state index contributed by atoms with van der Waals surface area (Å²) in [6, 6.07) is 0. The molecule has 0 spiro atoms. The van der Waals surface area contributed by atoms with E-state index in [0.29, 0.717) is 5.92 Å². The molecule has 0 aromatic heterocycles. The van der Waals surface area contributed by atoms with Crippen molar-refractivity contribution in [3.8, 4) is 0 Å². The first kappa shape index (κ1) is 11.8. The number of hydrogen-bond donors (Lipinski definition) is 0. The van der Waals surface area contributed by atoms with Crippen molar-refractivity contribution in [3.05, 3.63) is 60.3 Å². The molecule has 1 atom stereocenters. The van der Waals surface area contributed by atoms with Crippen molar-refractivity contribution < 1.29 is 0 Å². The normalized spacial score (nSPS) is 21.2. The van der Waals surface area contributed by atoms with E-state index in [2.05, 4.69) is 43.9 Å². The number of allylic oxidation sites excluding steroid dienone is 9. The highest BCUT2D eigenvalue weighted by molar-refractivity contribution is 5.27. The summed E-state index contributed by atoms with van der Waals surface area (Å²) in [5, 5.41) is 0. The molecule has 0 N–H and O–H groups in total.